The number of aliphatic hydroxyl groups is 1. The topological polar surface area (TPSA) is 67.8 Å². The fraction of sp³-hybridized carbons (Fsp3) is 0.929. The highest BCUT2D eigenvalue weighted by atomic mass is 16.6. The van der Waals surface area contributed by atoms with E-state index in [9.17, 15) is 9.90 Å². The highest BCUT2D eigenvalue weighted by Crippen LogP contribution is 2.52. The first kappa shape index (κ1) is 14.6. The van der Waals surface area contributed by atoms with Crippen molar-refractivity contribution in [3.63, 3.8) is 0 Å². The molecule has 1 saturated carbocycles. The largest absolute Gasteiger partial charge is 0.444 e. The second-order valence-corrected chi connectivity index (χ2v) is 7.04. The van der Waals surface area contributed by atoms with E-state index in [0.717, 1.165) is 25.7 Å². The van der Waals surface area contributed by atoms with Crippen LogP contribution in [-0.2, 0) is 9.47 Å². The first-order chi connectivity index (χ1) is 8.78. The number of amides is 1. The number of ether oxygens (including phenoxy) is 2. The van der Waals surface area contributed by atoms with Crippen LogP contribution in [0.25, 0.3) is 0 Å². The molecule has 0 radical (unpaired) electrons. The predicted octanol–water partition coefficient (Wildman–Crippen LogP) is 1.83. The molecule has 0 aromatic heterocycles. The third kappa shape index (κ3) is 3.83. The Balaban J connectivity index is 1.98. The van der Waals surface area contributed by atoms with Crippen LogP contribution in [0.1, 0.15) is 46.5 Å². The van der Waals surface area contributed by atoms with Gasteiger partial charge in [-0.2, -0.15) is 0 Å². The van der Waals surface area contributed by atoms with E-state index >= 15 is 0 Å². The molecule has 1 saturated heterocycles. The number of rotatable bonds is 4. The van der Waals surface area contributed by atoms with Crippen LogP contribution in [0.3, 0.4) is 0 Å². The summed E-state index contributed by atoms with van der Waals surface area (Å²) in [5.41, 5.74) is -0.886. The van der Waals surface area contributed by atoms with Crippen molar-refractivity contribution >= 4 is 6.09 Å². The fourth-order valence-electron chi connectivity index (χ4n) is 2.69. The van der Waals surface area contributed by atoms with Gasteiger partial charge in [0.15, 0.2) is 0 Å². The normalized spacial score (nSPS) is 29.1. The Bertz CT molecular complexity index is 338. The molecule has 1 atom stereocenters. The summed E-state index contributed by atoms with van der Waals surface area (Å²) in [7, 11) is 0. The van der Waals surface area contributed by atoms with Crippen molar-refractivity contribution in [2.45, 2.75) is 57.6 Å². The lowest BCUT2D eigenvalue weighted by Crippen LogP contribution is -2.52. The molecule has 1 aliphatic carbocycles. The minimum absolute atomic E-state index is 0.0112. The lowest BCUT2D eigenvalue weighted by molar-refractivity contribution is 0.0398. The van der Waals surface area contributed by atoms with Crippen LogP contribution in [0.4, 0.5) is 4.79 Å². The quantitative estimate of drug-likeness (QED) is 0.818. The third-order valence-electron chi connectivity index (χ3n) is 3.88. The summed E-state index contributed by atoms with van der Waals surface area (Å²) >= 11 is 0. The van der Waals surface area contributed by atoms with E-state index in [1.54, 1.807) is 0 Å². The van der Waals surface area contributed by atoms with Crippen molar-refractivity contribution in [2.75, 3.05) is 19.8 Å². The van der Waals surface area contributed by atoms with E-state index in [-0.39, 0.29) is 17.6 Å². The predicted molar refractivity (Wildman–Crippen MR) is 70.9 cm³/mol. The van der Waals surface area contributed by atoms with Gasteiger partial charge >= 0.3 is 6.09 Å². The first-order valence-electron chi connectivity index (χ1n) is 6.98. The maximum Gasteiger partial charge on any atom is 0.408 e. The zero-order chi connectivity index (χ0) is 14.1. The number of hydrogen-bond acceptors (Lipinski definition) is 4. The van der Waals surface area contributed by atoms with E-state index in [2.05, 4.69) is 5.32 Å². The van der Waals surface area contributed by atoms with Crippen molar-refractivity contribution in [1.82, 2.24) is 5.32 Å². The van der Waals surface area contributed by atoms with Crippen molar-refractivity contribution in [3.05, 3.63) is 0 Å². The Morgan fingerprint density at radius 3 is 2.47 bits per heavy atom. The van der Waals surface area contributed by atoms with Crippen molar-refractivity contribution in [3.8, 4) is 0 Å². The summed E-state index contributed by atoms with van der Waals surface area (Å²) in [6.07, 6.45) is 3.22. The summed E-state index contributed by atoms with van der Waals surface area (Å²) in [5, 5.41) is 12.4. The Hall–Kier alpha value is -0.810. The molecule has 1 unspecified atom stereocenters. The molecular weight excluding hydrogens is 246 g/mol. The monoisotopic (exact) mass is 271 g/mol. The van der Waals surface area contributed by atoms with Gasteiger partial charge in [0.2, 0.25) is 0 Å². The molecule has 5 nitrogen and oxygen atoms in total. The molecule has 1 aliphatic heterocycles. The molecule has 1 heterocycles. The average Bonchev–Trinajstić information content (AvgIpc) is 2.88. The van der Waals surface area contributed by atoms with Crippen LogP contribution >= 0.6 is 0 Å². The zero-order valence-corrected chi connectivity index (χ0v) is 12.1. The van der Waals surface area contributed by atoms with Gasteiger partial charge in [0.25, 0.3) is 0 Å². The molecule has 2 rings (SSSR count). The third-order valence-corrected chi connectivity index (χ3v) is 3.88. The number of aliphatic hydroxyl groups excluding tert-OH is 1. The second kappa shape index (κ2) is 4.94. The number of alkyl carbamates (subject to hydrolysis) is 1. The number of nitrogens with one attached hydrogen (secondary N) is 1. The summed E-state index contributed by atoms with van der Waals surface area (Å²) in [4.78, 5) is 12.0. The molecule has 0 aromatic carbocycles. The maximum absolute atomic E-state index is 12.0. The van der Waals surface area contributed by atoms with Crippen LogP contribution in [0, 0.1) is 5.41 Å². The Labute approximate surface area is 114 Å². The maximum atomic E-state index is 12.0. The molecule has 110 valence electrons. The van der Waals surface area contributed by atoms with E-state index < -0.39 is 11.7 Å². The molecule has 2 N–H and O–H groups in total. The van der Waals surface area contributed by atoms with Crippen molar-refractivity contribution in [1.29, 1.82) is 0 Å². The van der Waals surface area contributed by atoms with Gasteiger partial charge in [0.1, 0.15) is 5.60 Å². The minimum atomic E-state index is -0.501. The molecule has 0 bridgehead atoms. The molecular formula is C14H25NO4. The van der Waals surface area contributed by atoms with Gasteiger partial charge in [-0.25, -0.2) is 4.79 Å². The van der Waals surface area contributed by atoms with Gasteiger partial charge in [-0.1, -0.05) is 0 Å². The standard InChI is InChI=1S/C14H25NO4/c1-12(2,3)19-11(17)15-14(6-7-18-10-14)8-13(9-16)4-5-13/h16H,4-10H2,1-3H3,(H,15,17). The first-order valence-corrected chi connectivity index (χ1v) is 6.98. The van der Waals surface area contributed by atoms with Gasteiger partial charge in [-0.3, -0.25) is 0 Å². The van der Waals surface area contributed by atoms with Crippen LogP contribution in [-0.4, -0.2) is 42.2 Å². The minimum Gasteiger partial charge on any atom is -0.444 e. The van der Waals surface area contributed by atoms with Crippen LogP contribution in [0.15, 0.2) is 0 Å². The van der Waals surface area contributed by atoms with Gasteiger partial charge in [0, 0.05) is 13.2 Å². The van der Waals surface area contributed by atoms with E-state index in [1.807, 2.05) is 20.8 Å². The van der Waals surface area contributed by atoms with Crippen molar-refractivity contribution < 1.29 is 19.4 Å². The molecule has 19 heavy (non-hydrogen) atoms. The van der Waals surface area contributed by atoms with Gasteiger partial charge < -0.3 is 19.9 Å². The van der Waals surface area contributed by atoms with Gasteiger partial charge in [0.05, 0.1) is 12.1 Å². The van der Waals surface area contributed by atoms with Crippen molar-refractivity contribution in [2.24, 2.45) is 5.41 Å². The summed E-state index contributed by atoms with van der Waals surface area (Å²) in [5.74, 6) is 0. The number of hydrogen-bond donors (Lipinski definition) is 2. The van der Waals surface area contributed by atoms with Crippen LogP contribution in [0.5, 0.6) is 0 Å². The molecule has 2 aliphatic rings. The highest BCUT2D eigenvalue weighted by Gasteiger charge is 2.51. The Kier molecular flexibility index (Phi) is 3.80. The molecule has 5 heteroatoms. The lowest BCUT2D eigenvalue weighted by Gasteiger charge is -2.33. The molecule has 0 spiro atoms. The zero-order valence-electron chi connectivity index (χ0n) is 12.1. The second-order valence-electron chi connectivity index (χ2n) is 7.04. The van der Waals surface area contributed by atoms with Gasteiger partial charge in [-0.05, 0) is 51.9 Å². The number of carbonyl (C=O) groups is 1. The van der Waals surface area contributed by atoms with E-state index in [0.29, 0.717) is 13.2 Å². The van der Waals surface area contributed by atoms with E-state index in [4.69, 9.17) is 9.47 Å². The SMILES string of the molecule is CC(C)(C)OC(=O)NC1(CC2(CO)CC2)CCOC1. The average molecular weight is 271 g/mol. The van der Waals surface area contributed by atoms with Crippen LogP contribution < -0.4 is 5.32 Å². The Morgan fingerprint density at radius 1 is 1.37 bits per heavy atom. The van der Waals surface area contributed by atoms with Crippen LogP contribution in [0.2, 0.25) is 0 Å². The summed E-state index contributed by atoms with van der Waals surface area (Å²) in [6.45, 7) is 6.89. The molecule has 0 aromatic rings. The Morgan fingerprint density at radius 2 is 2.05 bits per heavy atom. The lowest BCUT2D eigenvalue weighted by atomic mass is 9.85. The smallest absolute Gasteiger partial charge is 0.408 e. The fourth-order valence-corrected chi connectivity index (χ4v) is 2.69. The number of carbonyl (C=O) groups excluding carboxylic acids is 1. The molecule has 2 fully saturated rings. The highest BCUT2D eigenvalue weighted by molar-refractivity contribution is 5.69. The van der Waals surface area contributed by atoms with E-state index in [1.165, 1.54) is 0 Å². The summed E-state index contributed by atoms with van der Waals surface area (Å²) in [6, 6.07) is 0. The molecule has 1 amide bonds. The van der Waals surface area contributed by atoms with Gasteiger partial charge in [-0.15, -0.1) is 0 Å². The summed E-state index contributed by atoms with van der Waals surface area (Å²) < 4.78 is 10.8.